The van der Waals surface area contributed by atoms with Gasteiger partial charge >= 0.3 is 5.97 Å². The average molecular weight is 533 g/mol. The second kappa shape index (κ2) is 11.3. The fraction of sp³-hybridized carbons (Fsp3) is 0.200. The molecule has 0 spiro atoms. The number of halogens is 1. The Morgan fingerprint density at radius 1 is 0.944 bits per heavy atom. The number of aryl methyl sites for hydroxylation is 1. The molecule has 9 nitrogen and oxygen atoms in total. The van der Waals surface area contributed by atoms with Crippen LogP contribution in [0.4, 0.5) is 11.4 Å². The highest BCUT2D eigenvalue weighted by atomic mass is 35.5. The third-order valence-electron chi connectivity index (χ3n) is 5.21. The predicted molar refractivity (Wildman–Crippen MR) is 137 cm³/mol. The van der Waals surface area contributed by atoms with Gasteiger partial charge in [0.2, 0.25) is 5.91 Å². The highest BCUT2D eigenvalue weighted by Crippen LogP contribution is 2.36. The quantitative estimate of drug-likeness (QED) is 0.409. The van der Waals surface area contributed by atoms with Gasteiger partial charge in [0.1, 0.15) is 18.0 Å². The summed E-state index contributed by atoms with van der Waals surface area (Å²) in [6.45, 7) is 1.21. The standard InChI is InChI=1S/C25H25ClN2O7S/c1-16-5-9-19(10-6-16)36(31,32)28(22-14-18(33-2)8-12-23(22)34-3)15-24(29)27-21-13-17(25(30)35-4)7-11-20(21)26/h5-14H,15H2,1-4H3,(H,27,29). The molecule has 3 aromatic carbocycles. The number of anilines is 2. The number of esters is 1. The van der Waals surface area contributed by atoms with Crippen molar-refractivity contribution in [3.8, 4) is 11.5 Å². The van der Waals surface area contributed by atoms with Gasteiger partial charge in [-0.05, 0) is 49.4 Å². The van der Waals surface area contributed by atoms with Gasteiger partial charge in [-0.15, -0.1) is 0 Å². The van der Waals surface area contributed by atoms with Crippen LogP contribution in [-0.4, -0.2) is 48.2 Å². The molecule has 190 valence electrons. The summed E-state index contributed by atoms with van der Waals surface area (Å²) in [4.78, 5) is 25.0. The molecule has 3 aromatic rings. The van der Waals surface area contributed by atoms with Crippen LogP contribution in [0.15, 0.2) is 65.6 Å². The lowest BCUT2D eigenvalue weighted by atomic mass is 10.2. The molecule has 0 unspecified atom stereocenters. The van der Waals surface area contributed by atoms with Crippen LogP contribution >= 0.6 is 11.6 Å². The summed E-state index contributed by atoms with van der Waals surface area (Å²) in [5, 5.41) is 2.73. The maximum Gasteiger partial charge on any atom is 0.337 e. The van der Waals surface area contributed by atoms with Gasteiger partial charge in [-0.2, -0.15) is 0 Å². The van der Waals surface area contributed by atoms with Gasteiger partial charge in [0, 0.05) is 6.07 Å². The number of sulfonamides is 1. The monoisotopic (exact) mass is 532 g/mol. The third kappa shape index (κ3) is 5.89. The Kier molecular flexibility index (Phi) is 8.44. The molecule has 0 bridgehead atoms. The van der Waals surface area contributed by atoms with E-state index in [-0.39, 0.29) is 32.6 Å². The van der Waals surface area contributed by atoms with Gasteiger partial charge in [0.05, 0.1) is 48.2 Å². The van der Waals surface area contributed by atoms with E-state index in [1.54, 1.807) is 24.3 Å². The highest BCUT2D eigenvalue weighted by Gasteiger charge is 2.30. The minimum Gasteiger partial charge on any atom is -0.497 e. The Hall–Kier alpha value is -3.76. The molecule has 0 saturated heterocycles. The van der Waals surface area contributed by atoms with Gasteiger partial charge in [0.25, 0.3) is 10.0 Å². The predicted octanol–water partition coefficient (Wildman–Crippen LogP) is 4.29. The van der Waals surface area contributed by atoms with Crippen molar-refractivity contribution in [1.82, 2.24) is 0 Å². The molecule has 0 aliphatic carbocycles. The smallest absolute Gasteiger partial charge is 0.337 e. The SMILES string of the molecule is COC(=O)c1ccc(Cl)c(NC(=O)CN(c2cc(OC)ccc2OC)S(=O)(=O)c2ccc(C)cc2)c1. The van der Waals surface area contributed by atoms with E-state index in [1.165, 1.54) is 57.7 Å². The zero-order chi connectivity index (χ0) is 26.5. The lowest BCUT2D eigenvalue weighted by molar-refractivity contribution is -0.114. The fourth-order valence-corrected chi connectivity index (χ4v) is 4.90. The van der Waals surface area contributed by atoms with Crippen LogP contribution in [0.25, 0.3) is 0 Å². The van der Waals surface area contributed by atoms with Gasteiger partial charge in [-0.25, -0.2) is 13.2 Å². The number of nitrogens with zero attached hydrogens (tertiary/aromatic N) is 1. The summed E-state index contributed by atoms with van der Waals surface area (Å²) in [6, 6.07) is 15.1. The Balaban J connectivity index is 2.05. The van der Waals surface area contributed by atoms with E-state index in [0.717, 1.165) is 9.87 Å². The first kappa shape index (κ1) is 26.8. The third-order valence-corrected chi connectivity index (χ3v) is 7.32. The maximum atomic E-state index is 13.7. The Bertz CT molecular complexity index is 1380. The number of carbonyl (C=O) groups is 2. The molecule has 0 fully saturated rings. The zero-order valence-electron chi connectivity index (χ0n) is 20.1. The number of hydrogen-bond acceptors (Lipinski definition) is 7. The molecule has 0 atom stereocenters. The molecular formula is C25H25ClN2O7S. The average Bonchev–Trinajstić information content (AvgIpc) is 2.87. The number of carbonyl (C=O) groups excluding carboxylic acids is 2. The molecule has 3 rings (SSSR count). The fourth-order valence-electron chi connectivity index (χ4n) is 3.31. The Labute approximate surface area is 214 Å². The first-order chi connectivity index (χ1) is 17.1. The van der Waals surface area contributed by atoms with E-state index < -0.39 is 28.4 Å². The lowest BCUT2D eigenvalue weighted by Gasteiger charge is -2.26. The molecule has 0 aromatic heterocycles. The van der Waals surface area contributed by atoms with E-state index in [9.17, 15) is 18.0 Å². The van der Waals surface area contributed by atoms with Gasteiger partial charge in [-0.3, -0.25) is 9.10 Å². The van der Waals surface area contributed by atoms with E-state index in [4.69, 9.17) is 25.8 Å². The Morgan fingerprint density at radius 2 is 1.64 bits per heavy atom. The second-order valence-corrected chi connectivity index (χ2v) is 9.87. The van der Waals surface area contributed by atoms with Crippen LogP contribution in [0.5, 0.6) is 11.5 Å². The number of methoxy groups -OCH3 is 3. The van der Waals surface area contributed by atoms with Gasteiger partial charge in [0.15, 0.2) is 0 Å². The summed E-state index contributed by atoms with van der Waals surface area (Å²) in [5.41, 5.74) is 1.25. The molecule has 0 heterocycles. The molecule has 1 amide bonds. The minimum absolute atomic E-state index is 0.0171. The normalized spacial score (nSPS) is 10.9. The topological polar surface area (TPSA) is 111 Å². The van der Waals surface area contributed by atoms with Gasteiger partial charge < -0.3 is 19.5 Å². The number of benzene rings is 3. The van der Waals surface area contributed by atoms with Crippen LogP contribution in [-0.2, 0) is 19.6 Å². The highest BCUT2D eigenvalue weighted by molar-refractivity contribution is 7.92. The maximum absolute atomic E-state index is 13.7. The van der Waals surface area contributed by atoms with Crippen LogP contribution in [0, 0.1) is 6.92 Å². The van der Waals surface area contributed by atoms with Crippen molar-refractivity contribution < 1.29 is 32.2 Å². The van der Waals surface area contributed by atoms with Crippen LogP contribution in [0.2, 0.25) is 5.02 Å². The minimum atomic E-state index is -4.22. The molecule has 0 aliphatic rings. The lowest BCUT2D eigenvalue weighted by Crippen LogP contribution is -2.38. The first-order valence-electron chi connectivity index (χ1n) is 10.6. The van der Waals surface area contributed by atoms with Crippen molar-refractivity contribution in [2.75, 3.05) is 37.5 Å². The van der Waals surface area contributed by atoms with E-state index in [0.29, 0.717) is 5.75 Å². The van der Waals surface area contributed by atoms with Crippen LogP contribution < -0.4 is 19.1 Å². The number of amides is 1. The van der Waals surface area contributed by atoms with Crippen molar-refractivity contribution in [2.45, 2.75) is 11.8 Å². The molecule has 0 aliphatic heterocycles. The molecule has 0 radical (unpaired) electrons. The summed E-state index contributed by atoms with van der Waals surface area (Å²) in [5.74, 6) is -0.750. The largest absolute Gasteiger partial charge is 0.497 e. The summed E-state index contributed by atoms with van der Waals surface area (Å²) in [7, 11) is -0.168. The number of rotatable bonds is 9. The van der Waals surface area contributed by atoms with Crippen molar-refractivity contribution in [1.29, 1.82) is 0 Å². The van der Waals surface area contributed by atoms with Crippen LogP contribution in [0.1, 0.15) is 15.9 Å². The summed E-state index contributed by atoms with van der Waals surface area (Å²) in [6.07, 6.45) is 0. The summed E-state index contributed by atoms with van der Waals surface area (Å²) < 4.78 is 43.7. The zero-order valence-corrected chi connectivity index (χ0v) is 21.6. The van der Waals surface area contributed by atoms with Crippen molar-refractivity contribution in [2.24, 2.45) is 0 Å². The Morgan fingerprint density at radius 3 is 2.25 bits per heavy atom. The van der Waals surface area contributed by atoms with E-state index in [1.807, 2.05) is 6.92 Å². The molecular weight excluding hydrogens is 508 g/mol. The number of nitrogens with one attached hydrogen (secondary N) is 1. The van der Waals surface area contributed by atoms with E-state index in [2.05, 4.69) is 5.32 Å². The first-order valence-corrected chi connectivity index (χ1v) is 12.4. The molecule has 36 heavy (non-hydrogen) atoms. The summed E-state index contributed by atoms with van der Waals surface area (Å²) >= 11 is 6.19. The molecule has 11 heteroatoms. The van der Waals surface area contributed by atoms with Crippen molar-refractivity contribution >= 4 is 44.9 Å². The molecule has 1 N–H and O–H groups in total. The van der Waals surface area contributed by atoms with Gasteiger partial charge in [-0.1, -0.05) is 29.3 Å². The number of ether oxygens (including phenoxy) is 3. The van der Waals surface area contributed by atoms with Crippen LogP contribution in [0.3, 0.4) is 0 Å². The second-order valence-electron chi connectivity index (χ2n) is 7.60. The molecule has 0 saturated carbocycles. The van der Waals surface area contributed by atoms with Crippen molar-refractivity contribution in [3.05, 3.63) is 76.8 Å². The van der Waals surface area contributed by atoms with Crippen molar-refractivity contribution in [3.63, 3.8) is 0 Å². The number of hydrogen-bond donors (Lipinski definition) is 1. The van der Waals surface area contributed by atoms with E-state index >= 15 is 0 Å².